The van der Waals surface area contributed by atoms with E-state index < -0.39 is 48.8 Å². The first-order valence-corrected chi connectivity index (χ1v) is 6.46. The van der Waals surface area contributed by atoms with Crippen LogP contribution in [0.3, 0.4) is 0 Å². The molecule has 1 aliphatic heterocycles. The largest absolute Gasteiger partial charge is 0.451 e. The molecule has 1 rings (SSSR count). The average Bonchev–Trinajstić information content (AvgIpc) is 2.77. The molecule has 0 aliphatic carbocycles. The van der Waals surface area contributed by atoms with Gasteiger partial charge in [0.15, 0.2) is 6.61 Å². The fourth-order valence-corrected chi connectivity index (χ4v) is 2.00. The van der Waals surface area contributed by atoms with Crippen molar-refractivity contribution in [1.29, 1.82) is 0 Å². The fraction of sp³-hybridized carbons (Fsp3) is 0.692. The number of hydrogen-bond donors (Lipinski definition) is 0. The number of hydrogen-bond acceptors (Lipinski definition) is 5. The van der Waals surface area contributed by atoms with Gasteiger partial charge < -0.3 is 14.2 Å². The summed E-state index contributed by atoms with van der Waals surface area (Å²) >= 11 is 0. The van der Waals surface area contributed by atoms with Gasteiger partial charge in [-0.1, -0.05) is 6.58 Å². The summed E-state index contributed by atoms with van der Waals surface area (Å²) in [4.78, 5) is 23.1. The highest BCUT2D eigenvalue weighted by Gasteiger charge is 2.68. The van der Waals surface area contributed by atoms with E-state index in [9.17, 15) is 31.5 Å². The van der Waals surface area contributed by atoms with Crippen molar-refractivity contribution in [3.63, 3.8) is 0 Å². The monoisotopic (exact) mass is 346 g/mol. The maximum Gasteiger partial charge on any atom is 0.422 e. The summed E-state index contributed by atoms with van der Waals surface area (Å²) in [5.74, 6) is -8.19. The Kier molecular flexibility index (Phi) is 5.40. The maximum absolute atomic E-state index is 14.4. The first-order valence-electron chi connectivity index (χ1n) is 6.46. The molecule has 0 saturated carbocycles. The SMILES string of the molecule is C=C(C)C(=O)OC1(C(F)(F)C(=O)OCC(F)(F)F)CCOC1C. The summed E-state index contributed by atoms with van der Waals surface area (Å²) in [5, 5.41) is 0. The third-order valence-corrected chi connectivity index (χ3v) is 3.28. The van der Waals surface area contributed by atoms with Gasteiger partial charge in [-0.15, -0.1) is 0 Å². The summed E-state index contributed by atoms with van der Waals surface area (Å²) < 4.78 is 78.1. The number of alkyl halides is 5. The Hall–Kier alpha value is -1.71. The molecule has 1 fully saturated rings. The van der Waals surface area contributed by atoms with Crippen molar-refractivity contribution in [2.45, 2.75) is 44.1 Å². The maximum atomic E-state index is 14.4. The lowest BCUT2D eigenvalue weighted by Gasteiger charge is -2.37. The molecule has 0 bridgehead atoms. The van der Waals surface area contributed by atoms with Crippen molar-refractivity contribution in [2.75, 3.05) is 13.2 Å². The fourth-order valence-electron chi connectivity index (χ4n) is 2.00. The highest BCUT2D eigenvalue weighted by Crippen LogP contribution is 2.44. The summed E-state index contributed by atoms with van der Waals surface area (Å²) in [5.41, 5.74) is -2.98. The Balaban J connectivity index is 3.07. The number of ether oxygens (including phenoxy) is 3. The predicted octanol–water partition coefficient (Wildman–Crippen LogP) is 2.39. The zero-order valence-corrected chi connectivity index (χ0v) is 12.3. The molecule has 0 amide bonds. The molecule has 0 aromatic rings. The second kappa shape index (κ2) is 6.42. The quantitative estimate of drug-likeness (QED) is 0.435. The molecular weight excluding hydrogens is 331 g/mol. The second-order valence-electron chi connectivity index (χ2n) is 5.09. The van der Waals surface area contributed by atoms with Gasteiger partial charge in [0.05, 0.1) is 6.61 Å². The molecule has 0 N–H and O–H groups in total. The normalized spacial score (nSPS) is 25.1. The van der Waals surface area contributed by atoms with E-state index in [1.807, 2.05) is 0 Å². The van der Waals surface area contributed by atoms with E-state index >= 15 is 0 Å². The third-order valence-electron chi connectivity index (χ3n) is 3.28. The van der Waals surface area contributed by atoms with Gasteiger partial charge in [0, 0.05) is 12.0 Å². The van der Waals surface area contributed by atoms with Gasteiger partial charge in [0.1, 0.15) is 6.10 Å². The molecule has 0 aromatic heterocycles. The Labute approximate surface area is 128 Å². The minimum atomic E-state index is -4.97. The van der Waals surface area contributed by atoms with Crippen LogP contribution in [-0.2, 0) is 23.8 Å². The molecule has 0 aromatic carbocycles. The van der Waals surface area contributed by atoms with Gasteiger partial charge >= 0.3 is 24.0 Å². The van der Waals surface area contributed by atoms with Gasteiger partial charge in [0.25, 0.3) is 0 Å². The van der Waals surface area contributed by atoms with Crippen LogP contribution in [0.5, 0.6) is 0 Å². The minimum absolute atomic E-state index is 0.220. The Morgan fingerprint density at radius 1 is 1.30 bits per heavy atom. The summed E-state index contributed by atoms with van der Waals surface area (Å²) in [6.45, 7) is 3.08. The van der Waals surface area contributed by atoms with E-state index in [-0.39, 0.29) is 12.2 Å². The van der Waals surface area contributed by atoms with Crippen molar-refractivity contribution in [1.82, 2.24) is 0 Å². The molecule has 2 unspecified atom stereocenters. The van der Waals surface area contributed by atoms with Gasteiger partial charge in [0.2, 0.25) is 5.60 Å². The van der Waals surface area contributed by atoms with Crippen LogP contribution in [0.2, 0.25) is 0 Å². The average molecular weight is 346 g/mol. The Morgan fingerprint density at radius 3 is 2.26 bits per heavy atom. The number of halogens is 5. The number of esters is 2. The summed E-state index contributed by atoms with van der Waals surface area (Å²) in [6, 6.07) is 0. The minimum Gasteiger partial charge on any atom is -0.451 e. The van der Waals surface area contributed by atoms with Crippen LogP contribution in [0.15, 0.2) is 12.2 Å². The molecule has 23 heavy (non-hydrogen) atoms. The van der Waals surface area contributed by atoms with Gasteiger partial charge in [-0.05, 0) is 13.8 Å². The topological polar surface area (TPSA) is 61.8 Å². The lowest BCUT2D eigenvalue weighted by Crippen LogP contribution is -2.60. The molecule has 1 heterocycles. The van der Waals surface area contributed by atoms with E-state index in [1.54, 1.807) is 0 Å². The van der Waals surface area contributed by atoms with Crippen LogP contribution in [0.4, 0.5) is 22.0 Å². The van der Waals surface area contributed by atoms with Crippen LogP contribution < -0.4 is 0 Å². The first kappa shape index (κ1) is 19.3. The molecule has 0 radical (unpaired) electrons. The molecule has 1 aliphatic rings. The summed E-state index contributed by atoms with van der Waals surface area (Å²) in [7, 11) is 0. The molecule has 10 heteroatoms. The lowest BCUT2D eigenvalue weighted by molar-refractivity contribution is -0.243. The summed E-state index contributed by atoms with van der Waals surface area (Å²) in [6.07, 6.45) is -6.98. The van der Waals surface area contributed by atoms with Crippen LogP contribution in [-0.4, -0.2) is 49.0 Å². The van der Waals surface area contributed by atoms with Gasteiger partial charge in [-0.3, -0.25) is 0 Å². The highest BCUT2D eigenvalue weighted by molar-refractivity contribution is 5.88. The number of carbonyl (C=O) groups is 2. The van der Waals surface area contributed by atoms with Crippen molar-refractivity contribution in [3.8, 4) is 0 Å². The van der Waals surface area contributed by atoms with Crippen LogP contribution >= 0.6 is 0 Å². The Bertz CT molecular complexity index is 501. The van der Waals surface area contributed by atoms with E-state index in [0.29, 0.717) is 0 Å². The van der Waals surface area contributed by atoms with Gasteiger partial charge in [-0.25, -0.2) is 9.59 Å². The Morgan fingerprint density at radius 2 is 1.87 bits per heavy atom. The lowest BCUT2D eigenvalue weighted by atomic mass is 9.88. The van der Waals surface area contributed by atoms with Crippen molar-refractivity contribution in [2.24, 2.45) is 0 Å². The van der Waals surface area contributed by atoms with Gasteiger partial charge in [-0.2, -0.15) is 22.0 Å². The van der Waals surface area contributed by atoms with E-state index in [0.717, 1.165) is 6.92 Å². The smallest absolute Gasteiger partial charge is 0.422 e. The molecule has 2 atom stereocenters. The van der Waals surface area contributed by atoms with Crippen molar-refractivity contribution in [3.05, 3.63) is 12.2 Å². The van der Waals surface area contributed by atoms with Crippen molar-refractivity contribution < 1.29 is 45.8 Å². The third kappa shape index (κ3) is 3.98. The molecule has 132 valence electrons. The molecule has 0 spiro atoms. The number of rotatable bonds is 5. The van der Waals surface area contributed by atoms with Crippen LogP contribution in [0, 0.1) is 0 Å². The van der Waals surface area contributed by atoms with E-state index in [2.05, 4.69) is 11.3 Å². The van der Waals surface area contributed by atoms with Crippen molar-refractivity contribution >= 4 is 11.9 Å². The highest BCUT2D eigenvalue weighted by atomic mass is 19.4. The number of carbonyl (C=O) groups excluding carboxylic acids is 2. The zero-order valence-electron chi connectivity index (χ0n) is 12.3. The second-order valence-corrected chi connectivity index (χ2v) is 5.09. The predicted molar refractivity (Wildman–Crippen MR) is 65.6 cm³/mol. The van der Waals surface area contributed by atoms with E-state index in [1.165, 1.54) is 6.92 Å². The molecule has 1 saturated heterocycles. The van der Waals surface area contributed by atoms with Crippen LogP contribution in [0.25, 0.3) is 0 Å². The zero-order chi connectivity index (χ0) is 18.1. The van der Waals surface area contributed by atoms with Crippen LogP contribution in [0.1, 0.15) is 20.3 Å². The molecular formula is C13H15F5O5. The first-order chi connectivity index (χ1) is 10.3. The van der Waals surface area contributed by atoms with E-state index in [4.69, 9.17) is 9.47 Å². The standard InChI is InChI=1S/C13H15F5O5/c1-7(2)9(19)23-11(4-5-21-8(11)3)13(17,18)10(20)22-6-12(14,15)16/h8H,1,4-6H2,2-3H3. The molecule has 5 nitrogen and oxygen atoms in total.